The van der Waals surface area contributed by atoms with Gasteiger partial charge in [0.2, 0.25) is 0 Å². The average Bonchev–Trinajstić information content (AvgIpc) is 2.80. The third-order valence-electron chi connectivity index (χ3n) is 2.83. The predicted molar refractivity (Wildman–Crippen MR) is 73.8 cm³/mol. The Bertz CT molecular complexity index is 673. The molecule has 112 valence electrons. The molecule has 0 spiro atoms. The third kappa shape index (κ3) is 3.52. The van der Waals surface area contributed by atoms with E-state index in [9.17, 15) is 18.0 Å². The number of benzene rings is 1. The molecule has 0 saturated heterocycles. The monoisotopic (exact) mass is 315 g/mol. The Hall–Kier alpha value is -2.09. The van der Waals surface area contributed by atoms with Crippen molar-refractivity contribution in [3.63, 3.8) is 0 Å². The molecule has 3 N–H and O–H groups in total. The van der Waals surface area contributed by atoms with Crippen LogP contribution < -0.4 is 11.1 Å². The van der Waals surface area contributed by atoms with E-state index in [2.05, 4.69) is 10.3 Å². The first kappa shape index (κ1) is 15.3. The highest BCUT2D eigenvalue weighted by atomic mass is 32.1. The second kappa shape index (κ2) is 6.13. The highest BCUT2D eigenvalue weighted by Gasteiger charge is 2.23. The van der Waals surface area contributed by atoms with Gasteiger partial charge < -0.3 is 11.1 Å². The highest BCUT2D eigenvalue weighted by molar-refractivity contribution is 7.17. The van der Waals surface area contributed by atoms with Crippen LogP contribution in [0.2, 0.25) is 0 Å². The maximum absolute atomic E-state index is 13.0. The first-order chi connectivity index (χ1) is 9.88. The van der Waals surface area contributed by atoms with Crippen molar-refractivity contribution in [2.45, 2.75) is 19.9 Å². The number of hydrogen-bond donors (Lipinski definition) is 2. The van der Waals surface area contributed by atoms with Gasteiger partial charge in [-0.1, -0.05) is 17.4 Å². The molecule has 21 heavy (non-hydrogen) atoms. The number of hydrogen-bond acceptors (Lipinski definition) is 4. The molecule has 2 aromatic rings. The fourth-order valence-corrected chi connectivity index (χ4v) is 2.53. The van der Waals surface area contributed by atoms with Crippen LogP contribution in [0.4, 0.5) is 18.3 Å². The van der Waals surface area contributed by atoms with Crippen molar-refractivity contribution in [3.05, 3.63) is 45.7 Å². The summed E-state index contributed by atoms with van der Waals surface area (Å²) >= 11 is 0.707. The lowest BCUT2D eigenvalue weighted by Crippen LogP contribution is -2.23. The van der Waals surface area contributed by atoms with Crippen LogP contribution in [-0.2, 0) is 6.54 Å². The van der Waals surface area contributed by atoms with Crippen molar-refractivity contribution in [2.24, 2.45) is 0 Å². The van der Waals surface area contributed by atoms with Gasteiger partial charge in [0.25, 0.3) is 12.3 Å². The van der Waals surface area contributed by atoms with Gasteiger partial charge in [0.05, 0.1) is 0 Å². The van der Waals surface area contributed by atoms with E-state index in [-0.39, 0.29) is 22.4 Å². The molecule has 0 aliphatic carbocycles. The molecule has 0 unspecified atom stereocenters. The number of carbonyl (C=O) groups is 1. The van der Waals surface area contributed by atoms with Gasteiger partial charge in [-0.25, -0.2) is 18.2 Å². The average molecular weight is 315 g/mol. The number of halogens is 3. The molecule has 8 heteroatoms. The van der Waals surface area contributed by atoms with Crippen molar-refractivity contribution in [1.29, 1.82) is 0 Å². The van der Waals surface area contributed by atoms with Crippen LogP contribution in [0, 0.1) is 12.7 Å². The van der Waals surface area contributed by atoms with E-state index in [4.69, 9.17) is 5.73 Å². The van der Waals surface area contributed by atoms with Crippen LogP contribution in [0.15, 0.2) is 18.2 Å². The topological polar surface area (TPSA) is 68.0 Å². The number of nitrogens with one attached hydrogen (secondary N) is 1. The highest BCUT2D eigenvalue weighted by Crippen LogP contribution is 2.28. The van der Waals surface area contributed by atoms with E-state index in [0.29, 0.717) is 22.5 Å². The summed E-state index contributed by atoms with van der Waals surface area (Å²) < 4.78 is 38.4. The lowest BCUT2D eigenvalue weighted by atomic mass is 10.1. The first-order valence-corrected chi connectivity index (χ1v) is 6.77. The molecule has 0 fully saturated rings. The lowest BCUT2D eigenvalue weighted by molar-refractivity contribution is 0.0940. The molecule has 1 aromatic heterocycles. The SMILES string of the molecule is Cc1cc(F)ccc1CNC(=O)c1sc(N)nc1C(F)F. The standard InChI is InChI=1S/C13H12F3N3OS/c1-6-4-8(14)3-2-7(6)5-18-12(20)10-9(11(15)16)19-13(17)21-10/h2-4,11H,5H2,1H3,(H2,17,19)(H,18,20). The summed E-state index contributed by atoms with van der Waals surface area (Å²) in [6.07, 6.45) is -2.87. The molecule has 0 radical (unpaired) electrons. The van der Waals surface area contributed by atoms with Crippen LogP contribution in [0.1, 0.15) is 32.9 Å². The Morgan fingerprint density at radius 1 is 1.48 bits per heavy atom. The minimum Gasteiger partial charge on any atom is -0.375 e. The third-order valence-corrected chi connectivity index (χ3v) is 3.73. The minimum atomic E-state index is -2.87. The summed E-state index contributed by atoms with van der Waals surface area (Å²) in [4.78, 5) is 15.2. The maximum Gasteiger partial charge on any atom is 0.282 e. The van der Waals surface area contributed by atoms with Gasteiger partial charge >= 0.3 is 0 Å². The van der Waals surface area contributed by atoms with Crippen LogP contribution in [0.5, 0.6) is 0 Å². The van der Waals surface area contributed by atoms with Gasteiger partial charge in [-0.3, -0.25) is 4.79 Å². The van der Waals surface area contributed by atoms with Gasteiger partial charge in [-0.15, -0.1) is 0 Å². The van der Waals surface area contributed by atoms with Crippen molar-refractivity contribution in [2.75, 3.05) is 5.73 Å². The summed E-state index contributed by atoms with van der Waals surface area (Å²) in [5, 5.41) is 2.41. The zero-order valence-electron chi connectivity index (χ0n) is 11.0. The van der Waals surface area contributed by atoms with E-state index in [1.165, 1.54) is 18.2 Å². The Morgan fingerprint density at radius 3 is 2.81 bits per heavy atom. The smallest absolute Gasteiger partial charge is 0.282 e. The summed E-state index contributed by atoms with van der Waals surface area (Å²) in [7, 11) is 0. The van der Waals surface area contributed by atoms with Crippen LogP contribution in [0.25, 0.3) is 0 Å². The van der Waals surface area contributed by atoms with Crippen molar-refractivity contribution in [3.8, 4) is 0 Å². The maximum atomic E-state index is 13.0. The second-order valence-electron chi connectivity index (χ2n) is 4.32. The van der Waals surface area contributed by atoms with Crippen molar-refractivity contribution < 1.29 is 18.0 Å². The van der Waals surface area contributed by atoms with E-state index in [0.717, 1.165) is 0 Å². The summed E-state index contributed by atoms with van der Waals surface area (Å²) in [6.45, 7) is 1.80. The fraction of sp³-hybridized carbons (Fsp3) is 0.231. The molecule has 0 aliphatic rings. The number of nitrogens with two attached hydrogens (primary N) is 1. The van der Waals surface area contributed by atoms with Crippen molar-refractivity contribution in [1.82, 2.24) is 10.3 Å². The number of rotatable bonds is 4. The van der Waals surface area contributed by atoms with Crippen LogP contribution >= 0.6 is 11.3 Å². The van der Waals surface area contributed by atoms with Gasteiger partial charge in [-0.2, -0.15) is 0 Å². The predicted octanol–water partition coefficient (Wildman–Crippen LogP) is 3.04. The van der Waals surface area contributed by atoms with Crippen molar-refractivity contribution >= 4 is 22.4 Å². The Morgan fingerprint density at radius 2 is 2.19 bits per heavy atom. The number of anilines is 1. The Kier molecular flexibility index (Phi) is 4.46. The molecule has 0 saturated carbocycles. The molecule has 0 bridgehead atoms. The second-order valence-corrected chi connectivity index (χ2v) is 5.35. The number of thiazole rings is 1. The minimum absolute atomic E-state index is 0.0894. The van der Waals surface area contributed by atoms with Gasteiger partial charge in [0, 0.05) is 6.54 Å². The number of aryl methyl sites for hydroxylation is 1. The van der Waals surface area contributed by atoms with Crippen LogP contribution in [0.3, 0.4) is 0 Å². The number of nitrogens with zero attached hydrogens (tertiary/aromatic N) is 1. The van der Waals surface area contributed by atoms with Crippen LogP contribution in [-0.4, -0.2) is 10.9 Å². The molecule has 1 heterocycles. The Balaban J connectivity index is 2.12. The Labute approximate surface area is 122 Å². The molecule has 0 atom stereocenters. The van der Waals surface area contributed by atoms with Gasteiger partial charge in [-0.05, 0) is 30.2 Å². The zero-order valence-corrected chi connectivity index (χ0v) is 11.8. The molecular weight excluding hydrogens is 303 g/mol. The summed E-state index contributed by atoms with van der Waals surface area (Å²) in [5.41, 5.74) is 6.09. The first-order valence-electron chi connectivity index (χ1n) is 5.96. The normalized spacial score (nSPS) is 10.9. The van der Waals surface area contributed by atoms with E-state index < -0.39 is 18.0 Å². The molecule has 1 amide bonds. The van der Waals surface area contributed by atoms with Gasteiger partial charge in [0.15, 0.2) is 5.13 Å². The summed E-state index contributed by atoms with van der Waals surface area (Å²) in [6, 6.07) is 4.13. The lowest BCUT2D eigenvalue weighted by Gasteiger charge is -2.08. The largest absolute Gasteiger partial charge is 0.375 e. The summed E-state index contributed by atoms with van der Waals surface area (Å²) in [5.74, 6) is -1.05. The number of amides is 1. The number of carbonyl (C=O) groups excluding carboxylic acids is 1. The molecule has 2 rings (SSSR count). The number of alkyl halides is 2. The van der Waals surface area contributed by atoms with Gasteiger partial charge in [0.1, 0.15) is 16.4 Å². The molecular formula is C13H12F3N3OS. The number of aromatic nitrogens is 1. The zero-order chi connectivity index (χ0) is 15.6. The molecule has 1 aromatic carbocycles. The molecule has 0 aliphatic heterocycles. The molecule has 4 nitrogen and oxygen atoms in total. The quantitative estimate of drug-likeness (QED) is 0.911. The van der Waals surface area contributed by atoms with E-state index in [1.54, 1.807) is 6.92 Å². The fourth-order valence-electron chi connectivity index (χ4n) is 1.77. The van der Waals surface area contributed by atoms with E-state index >= 15 is 0 Å². The van der Waals surface area contributed by atoms with E-state index in [1.807, 2.05) is 0 Å². The number of nitrogen functional groups attached to an aromatic ring is 1.